The molecule has 0 unspecified atom stereocenters. The quantitative estimate of drug-likeness (QED) is 0.344. The number of carbonyl (C=O) groups excluding carboxylic acids is 2. The number of rotatable bonds is 7. The molecule has 8 heteroatoms. The molecule has 1 amide bonds. The van der Waals surface area contributed by atoms with Crippen LogP contribution >= 0.6 is 11.3 Å². The molecule has 0 fully saturated rings. The van der Waals surface area contributed by atoms with Crippen molar-refractivity contribution in [1.29, 1.82) is 0 Å². The van der Waals surface area contributed by atoms with Crippen molar-refractivity contribution in [2.45, 2.75) is 26.7 Å². The van der Waals surface area contributed by atoms with E-state index in [4.69, 9.17) is 4.74 Å². The highest BCUT2D eigenvalue weighted by molar-refractivity contribution is 7.20. The predicted octanol–water partition coefficient (Wildman–Crippen LogP) is 4.73. The zero-order valence-corrected chi connectivity index (χ0v) is 16.9. The molecular formula is C21H20N2O5S. The number of thiophene rings is 1. The number of aryl methyl sites for hydroxylation is 2. The average Bonchev–Trinajstić information content (AvgIpc) is 3.15. The lowest BCUT2D eigenvalue weighted by Crippen LogP contribution is -2.22. The summed E-state index contributed by atoms with van der Waals surface area (Å²) in [6, 6.07) is 11.8. The molecule has 3 aromatic rings. The van der Waals surface area contributed by atoms with Crippen molar-refractivity contribution in [3.8, 4) is 0 Å². The predicted molar refractivity (Wildman–Crippen MR) is 113 cm³/mol. The third-order valence-corrected chi connectivity index (χ3v) is 5.61. The second-order valence-corrected chi connectivity index (χ2v) is 7.46. The maximum absolute atomic E-state index is 12.3. The van der Waals surface area contributed by atoms with Gasteiger partial charge in [0.15, 0.2) is 6.61 Å². The van der Waals surface area contributed by atoms with Crippen LogP contribution in [0, 0.1) is 10.1 Å². The Kier molecular flexibility index (Phi) is 6.23. The number of nitrogens with one attached hydrogen (secondary N) is 1. The minimum atomic E-state index is -0.636. The molecule has 0 radical (unpaired) electrons. The number of hydrogen-bond donors (Lipinski definition) is 1. The number of nitro benzene ring substituents is 1. The number of anilines is 1. The third-order valence-electron chi connectivity index (χ3n) is 4.51. The van der Waals surface area contributed by atoms with E-state index < -0.39 is 23.4 Å². The van der Waals surface area contributed by atoms with Crippen LogP contribution in [-0.4, -0.2) is 23.4 Å². The van der Waals surface area contributed by atoms with E-state index in [1.54, 1.807) is 6.07 Å². The molecule has 0 aliphatic heterocycles. The lowest BCUT2D eigenvalue weighted by molar-refractivity contribution is -0.384. The Morgan fingerprint density at radius 2 is 1.79 bits per heavy atom. The van der Waals surface area contributed by atoms with E-state index in [0.717, 1.165) is 45.7 Å². The molecule has 2 aromatic carbocycles. The first-order chi connectivity index (χ1) is 13.9. The van der Waals surface area contributed by atoms with Crippen LogP contribution in [0.4, 0.5) is 11.4 Å². The summed E-state index contributed by atoms with van der Waals surface area (Å²) in [5.74, 6) is -1.05. The van der Waals surface area contributed by atoms with Crippen molar-refractivity contribution in [1.82, 2.24) is 0 Å². The lowest BCUT2D eigenvalue weighted by atomic mass is 10.0. The van der Waals surface area contributed by atoms with E-state index >= 15 is 0 Å². The first-order valence-corrected chi connectivity index (χ1v) is 10.00. The Labute approximate surface area is 171 Å². The van der Waals surface area contributed by atoms with Gasteiger partial charge in [-0.15, -0.1) is 11.3 Å². The van der Waals surface area contributed by atoms with Crippen molar-refractivity contribution < 1.29 is 19.2 Å². The largest absolute Gasteiger partial charge is 0.451 e. The molecule has 29 heavy (non-hydrogen) atoms. The molecule has 0 aliphatic rings. The van der Waals surface area contributed by atoms with Crippen LogP contribution in [0.5, 0.6) is 0 Å². The number of amides is 1. The van der Waals surface area contributed by atoms with Crippen molar-refractivity contribution in [2.75, 3.05) is 11.9 Å². The summed E-state index contributed by atoms with van der Waals surface area (Å²) in [5, 5.41) is 14.3. The van der Waals surface area contributed by atoms with Crippen LogP contribution in [0.3, 0.4) is 0 Å². The maximum Gasteiger partial charge on any atom is 0.348 e. The van der Waals surface area contributed by atoms with Gasteiger partial charge in [0.25, 0.3) is 11.6 Å². The van der Waals surface area contributed by atoms with Gasteiger partial charge in [-0.3, -0.25) is 14.9 Å². The second kappa shape index (κ2) is 8.83. The van der Waals surface area contributed by atoms with Crippen molar-refractivity contribution >= 4 is 44.7 Å². The van der Waals surface area contributed by atoms with Crippen LogP contribution in [0.2, 0.25) is 0 Å². The van der Waals surface area contributed by atoms with E-state index in [-0.39, 0.29) is 10.6 Å². The number of esters is 1. The fourth-order valence-electron chi connectivity index (χ4n) is 3.03. The molecule has 0 aliphatic carbocycles. The molecule has 0 saturated carbocycles. The molecule has 7 nitrogen and oxygen atoms in total. The number of fused-ring (bicyclic) bond motifs is 1. The highest BCUT2D eigenvalue weighted by Gasteiger charge is 2.17. The molecule has 0 bridgehead atoms. The summed E-state index contributed by atoms with van der Waals surface area (Å²) in [4.78, 5) is 35.3. The highest BCUT2D eigenvalue weighted by Crippen LogP contribution is 2.29. The summed E-state index contributed by atoms with van der Waals surface area (Å²) in [6.45, 7) is 3.61. The SMILES string of the molecule is CCc1cccc(CC)c1NC(=O)COC(=O)c1cc2cc([N+](=O)[O-])ccc2s1. The third kappa shape index (κ3) is 4.60. The fraction of sp³-hybridized carbons (Fsp3) is 0.238. The Balaban J connectivity index is 1.67. The minimum absolute atomic E-state index is 0.0455. The van der Waals surface area contributed by atoms with Gasteiger partial charge in [-0.25, -0.2) is 4.79 Å². The fourth-order valence-corrected chi connectivity index (χ4v) is 3.96. The molecule has 1 N–H and O–H groups in total. The normalized spacial score (nSPS) is 10.7. The van der Waals surface area contributed by atoms with Gasteiger partial charge in [0.1, 0.15) is 4.88 Å². The first-order valence-electron chi connectivity index (χ1n) is 9.18. The maximum atomic E-state index is 12.3. The Bertz CT molecular complexity index is 1070. The number of para-hydroxylation sites is 1. The summed E-state index contributed by atoms with van der Waals surface area (Å²) in [5.41, 5.74) is 2.77. The van der Waals surface area contributed by atoms with Crippen LogP contribution in [0.15, 0.2) is 42.5 Å². The summed E-state index contributed by atoms with van der Waals surface area (Å²) in [6.07, 6.45) is 1.55. The van der Waals surface area contributed by atoms with Crippen LogP contribution in [0.25, 0.3) is 10.1 Å². The van der Waals surface area contributed by atoms with Gasteiger partial charge in [-0.1, -0.05) is 32.0 Å². The van der Waals surface area contributed by atoms with Crippen LogP contribution < -0.4 is 5.32 Å². The van der Waals surface area contributed by atoms with E-state index in [0.29, 0.717) is 5.39 Å². The number of nitrogens with zero attached hydrogens (tertiary/aromatic N) is 1. The van der Waals surface area contributed by atoms with Crippen LogP contribution in [0.1, 0.15) is 34.6 Å². The lowest BCUT2D eigenvalue weighted by Gasteiger charge is -2.14. The summed E-state index contributed by atoms with van der Waals surface area (Å²) < 4.78 is 5.87. The second-order valence-electron chi connectivity index (χ2n) is 6.37. The number of non-ortho nitro benzene ring substituents is 1. The van der Waals surface area contributed by atoms with E-state index in [1.807, 2.05) is 32.0 Å². The van der Waals surface area contributed by atoms with E-state index in [2.05, 4.69) is 5.32 Å². The Hall–Kier alpha value is -3.26. The standard InChI is InChI=1S/C21H20N2O5S/c1-3-13-6-5-7-14(4-2)20(13)22-19(24)12-28-21(25)18-11-15-10-16(23(26)27)8-9-17(15)29-18/h5-11H,3-4,12H2,1-2H3,(H,22,24). The van der Waals surface area contributed by atoms with Gasteiger partial charge >= 0.3 is 5.97 Å². The molecular weight excluding hydrogens is 392 g/mol. The van der Waals surface area contributed by atoms with Crippen LogP contribution in [-0.2, 0) is 22.4 Å². The molecule has 150 valence electrons. The molecule has 0 spiro atoms. The monoisotopic (exact) mass is 412 g/mol. The van der Waals surface area contributed by atoms with Gasteiger partial charge in [0, 0.05) is 27.9 Å². The minimum Gasteiger partial charge on any atom is -0.451 e. The highest BCUT2D eigenvalue weighted by atomic mass is 32.1. The number of hydrogen-bond acceptors (Lipinski definition) is 6. The van der Waals surface area contributed by atoms with Crippen molar-refractivity contribution in [3.63, 3.8) is 0 Å². The van der Waals surface area contributed by atoms with Gasteiger partial charge < -0.3 is 10.1 Å². The van der Waals surface area contributed by atoms with Crippen molar-refractivity contribution in [2.24, 2.45) is 0 Å². The number of benzene rings is 2. The van der Waals surface area contributed by atoms with Gasteiger partial charge in [-0.2, -0.15) is 0 Å². The molecule has 1 aromatic heterocycles. The van der Waals surface area contributed by atoms with Gasteiger partial charge in [-0.05, 0) is 36.1 Å². The Morgan fingerprint density at radius 3 is 2.41 bits per heavy atom. The average molecular weight is 412 g/mol. The van der Waals surface area contributed by atoms with Gasteiger partial charge in [0.05, 0.1) is 4.92 Å². The molecule has 3 rings (SSSR count). The summed E-state index contributed by atoms with van der Waals surface area (Å²) in [7, 11) is 0. The Morgan fingerprint density at radius 1 is 1.10 bits per heavy atom. The molecule has 0 saturated heterocycles. The number of ether oxygens (including phenoxy) is 1. The summed E-state index contributed by atoms with van der Waals surface area (Å²) >= 11 is 1.16. The number of nitro groups is 1. The van der Waals surface area contributed by atoms with Crippen molar-refractivity contribution in [3.05, 3.63) is 68.6 Å². The molecule has 0 atom stereocenters. The zero-order valence-electron chi connectivity index (χ0n) is 16.1. The van der Waals surface area contributed by atoms with E-state index in [9.17, 15) is 19.7 Å². The van der Waals surface area contributed by atoms with Gasteiger partial charge in [0.2, 0.25) is 0 Å². The topological polar surface area (TPSA) is 98.5 Å². The number of carbonyl (C=O) groups is 2. The zero-order chi connectivity index (χ0) is 21.0. The van der Waals surface area contributed by atoms with E-state index in [1.165, 1.54) is 18.2 Å². The smallest absolute Gasteiger partial charge is 0.348 e. The first kappa shape index (κ1) is 20.5. The molecule has 1 heterocycles.